The lowest BCUT2D eigenvalue weighted by molar-refractivity contribution is 0.109. The highest BCUT2D eigenvalue weighted by atomic mass is 15.3. The molecule has 6 nitrogen and oxygen atoms in total. The van der Waals surface area contributed by atoms with Crippen molar-refractivity contribution in [1.82, 2.24) is 24.2 Å². The molecule has 0 radical (unpaired) electrons. The predicted molar refractivity (Wildman–Crippen MR) is 126 cm³/mol. The van der Waals surface area contributed by atoms with Crippen molar-refractivity contribution in [3.63, 3.8) is 0 Å². The number of pyridine rings is 2. The Morgan fingerprint density at radius 2 is 1.61 bits per heavy atom. The van der Waals surface area contributed by atoms with E-state index in [4.69, 9.17) is 9.97 Å². The van der Waals surface area contributed by atoms with Crippen LogP contribution in [0.25, 0.3) is 5.65 Å². The lowest BCUT2D eigenvalue weighted by atomic mass is 9.90. The molecule has 0 bridgehead atoms. The van der Waals surface area contributed by atoms with Crippen LogP contribution in [0.1, 0.15) is 54.0 Å². The zero-order chi connectivity index (χ0) is 21.5. The molecule has 2 aliphatic rings. The maximum absolute atomic E-state index is 5.17. The van der Waals surface area contributed by atoms with Gasteiger partial charge in [0, 0.05) is 38.1 Å². The third kappa shape index (κ3) is 3.62. The Labute approximate surface area is 185 Å². The maximum Gasteiger partial charge on any atom is 0.138 e. The van der Waals surface area contributed by atoms with Crippen LogP contribution < -0.4 is 4.90 Å². The highest BCUT2D eigenvalue weighted by molar-refractivity contribution is 5.55. The Hall–Kier alpha value is -2.44. The minimum atomic E-state index is 0.320. The third-order valence-corrected chi connectivity index (χ3v) is 7.34. The van der Waals surface area contributed by atoms with Crippen molar-refractivity contribution < 1.29 is 0 Å². The Morgan fingerprint density at radius 1 is 0.871 bits per heavy atom. The molecule has 2 fully saturated rings. The number of nitrogens with zero attached hydrogens (tertiary/aromatic N) is 6. The fourth-order valence-electron chi connectivity index (χ4n) is 5.47. The van der Waals surface area contributed by atoms with E-state index in [0.717, 1.165) is 44.7 Å². The van der Waals surface area contributed by atoms with E-state index in [0.29, 0.717) is 12.1 Å². The summed E-state index contributed by atoms with van der Waals surface area (Å²) in [4.78, 5) is 17.3. The monoisotopic (exact) mass is 418 g/mol. The zero-order valence-electron chi connectivity index (χ0n) is 19.3. The van der Waals surface area contributed by atoms with Gasteiger partial charge in [-0.05, 0) is 71.0 Å². The average molecular weight is 419 g/mol. The quantitative estimate of drug-likeness (QED) is 0.643. The summed E-state index contributed by atoms with van der Waals surface area (Å²) in [5.41, 5.74) is 6.06. The molecule has 0 unspecified atom stereocenters. The standard InChI is InChI=1S/C25H34N6/c1-18-8-7-13-26-24(18)20-9-5-10-21(29(20)4)25-19(2)31-22(27-25)11-6-12-23(31)30-16-14-28(3)15-17-30/h6-8,11-13,20-21H,5,9-10,14-17H2,1-4H3/t20-,21+/m0/s1. The molecule has 2 aliphatic heterocycles. The number of piperazine rings is 1. The van der Waals surface area contributed by atoms with Gasteiger partial charge in [-0.3, -0.25) is 14.3 Å². The number of aromatic nitrogens is 3. The summed E-state index contributed by atoms with van der Waals surface area (Å²) in [6.07, 6.45) is 5.43. The molecule has 0 aromatic carbocycles. The number of likely N-dealkylation sites (tertiary alicyclic amines) is 1. The van der Waals surface area contributed by atoms with E-state index in [1.807, 2.05) is 12.3 Å². The number of fused-ring (bicyclic) bond motifs is 1. The van der Waals surface area contributed by atoms with Crippen molar-refractivity contribution in [2.24, 2.45) is 0 Å². The number of anilines is 1. The van der Waals surface area contributed by atoms with E-state index >= 15 is 0 Å². The van der Waals surface area contributed by atoms with Crippen LogP contribution in [0.4, 0.5) is 5.82 Å². The van der Waals surface area contributed by atoms with E-state index < -0.39 is 0 Å². The molecule has 0 aliphatic carbocycles. The van der Waals surface area contributed by atoms with Gasteiger partial charge >= 0.3 is 0 Å². The van der Waals surface area contributed by atoms with Crippen LogP contribution >= 0.6 is 0 Å². The number of likely N-dealkylation sites (N-methyl/N-ethyl adjacent to an activating group) is 1. The van der Waals surface area contributed by atoms with Crippen LogP contribution in [0.2, 0.25) is 0 Å². The van der Waals surface area contributed by atoms with Crippen LogP contribution in [0.15, 0.2) is 36.5 Å². The van der Waals surface area contributed by atoms with Gasteiger partial charge in [0.25, 0.3) is 0 Å². The smallest absolute Gasteiger partial charge is 0.138 e. The van der Waals surface area contributed by atoms with Gasteiger partial charge in [-0.2, -0.15) is 0 Å². The first-order valence-electron chi connectivity index (χ1n) is 11.6. The molecule has 0 spiro atoms. The summed E-state index contributed by atoms with van der Waals surface area (Å²) in [6.45, 7) is 8.76. The van der Waals surface area contributed by atoms with Crippen LogP contribution in [-0.2, 0) is 0 Å². The van der Waals surface area contributed by atoms with E-state index in [9.17, 15) is 0 Å². The van der Waals surface area contributed by atoms with Crippen LogP contribution in [0.3, 0.4) is 0 Å². The fraction of sp³-hybridized carbons (Fsp3) is 0.520. The third-order valence-electron chi connectivity index (χ3n) is 7.34. The Kier molecular flexibility index (Phi) is 5.44. The highest BCUT2D eigenvalue weighted by Gasteiger charge is 2.34. The minimum absolute atomic E-state index is 0.320. The van der Waals surface area contributed by atoms with E-state index in [-0.39, 0.29) is 0 Å². The summed E-state index contributed by atoms with van der Waals surface area (Å²) in [5, 5.41) is 0. The number of imidazole rings is 1. The molecule has 164 valence electrons. The van der Waals surface area contributed by atoms with Crippen molar-refractivity contribution in [2.75, 3.05) is 45.2 Å². The van der Waals surface area contributed by atoms with Gasteiger partial charge in [0.05, 0.1) is 23.5 Å². The summed E-state index contributed by atoms with van der Waals surface area (Å²) < 4.78 is 2.38. The number of hydrogen-bond donors (Lipinski definition) is 0. The van der Waals surface area contributed by atoms with Crippen LogP contribution in [0, 0.1) is 13.8 Å². The molecule has 3 aromatic rings. The molecule has 0 saturated carbocycles. The molecule has 0 N–H and O–H groups in total. The van der Waals surface area contributed by atoms with Gasteiger partial charge in [0.1, 0.15) is 11.5 Å². The number of hydrogen-bond acceptors (Lipinski definition) is 5. The molecule has 5 rings (SSSR count). The number of piperidine rings is 1. The average Bonchev–Trinajstić information content (AvgIpc) is 3.12. The number of aryl methyl sites for hydroxylation is 2. The van der Waals surface area contributed by atoms with Crippen molar-refractivity contribution in [2.45, 2.75) is 45.2 Å². The van der Waals surface area contributed by atoms with Crippen molar-refractivity contribution in [3.05, 3.63) is 59.2 Å². The summed E-state index contributed by atoms with van der Waals surface area (Å²) in [5.74, 6) is 1.28. The molecule has 3 aromatic heterocycles. The SMILES string of the molecule is Cc1cccnc1[C@@H]1CCC[C@H](c2nc3cccc(N4CCN(C)CC4)n3c2C)N1C. The van der Waals surface area contributed by atoms with Crippen LogP contribution in [0.5, 0.6) is 0 Å². The zero-order valence-corrected chi connectivity index (χ0v) is 19.3. The first-order valence-corrected chi connectivity index (χ1v) is 11.6. The number of rotatable bonds is 3. The van der Waals surface area contributed by atoms with Crippen molar-refractivity contribution in [3.8, 4) is 0 Å². The van der Waals surface area contributed by atoms with Crippen LogP contribution in [-0.4, -0.2) is 64.4 Å². The van der Waals surface area contributed by atoms with Gasteiger partial charge in [-0.1, -0.05) is 12.1 Å². The van der Waals surface area contributed by atoms with E-state index in [2.05, 4.69) is 71.3 Å². The lowest BCUT2D eigenvalue weighted by Gasteiger charge is -2.39. The summed E-state index contributed by atoms with van der Waals surface area (Å²) in [6, 6.07) is 11.4. The molecular formula is C25H34N6. The summed E-state index contributed by atoms with van der Waals surface area (Å²) in [7, 11) is 4.46. The molecule has 2 saturated heterocycles. The first kappa shape index (κ1) is 20.5. The second-order valence-corrected chi connectivity index (χ2v) is 9.28. The van der Waals surface area contributed by atoms with Gasteiger partial charge in [0.15, 0.2) is 0 Å². The second-order valence-electron chi connectivity index (χ2n) is 9.28. The Morgan fingerprint density at radius 3 is 2.35 bits per heavy atom. The topological polar surface area (TPSA) is 39.9 Å². The first-order chi connectivity index (χ1) is 15.0. The van der Waals surface area contributed by atoms with E-state index in [1.165, 1.54) is 34.9 Å². The van der Waals surface area contributed by atoms with E-state index in [1.54, 1.807) is 0 Å². The van der Waals surface area contributed by atoms with Gasteiger partial charge in [0.2, 0.25) is 0 Å². The lowest BCUT2D eigenvalue weighted by Crippen LogP contribution is -2.45. The predicted octanol–water partition coefficient (Wildman–Crippen LogP) is 4.00. The molecule has 0 amide bonds. The Balaban J connectivity index is 1.51. The molecular weight excluding hydrogens is 384 g/mol. The van der Waals surface area contributed by atoms with Crippen molar-refractivity contribution in [1.29, 1.82) is 0 Å². The fourth-order valence-corrected chi connectivity index (χ4v) is 5.47. The molecule has 2 atom stereocenters. The maximum atomic E-state index is 5.17. The van der Waals surface area contributed by atoms with Gasteiger partial charge < -0.3 is 9.80 Å². The minimum Gasteiger partial charge on any atom is -0.355 e. The second kappa shape index (κ2) is 8.24. The Bertz CT molecular complexity index is 1070. The largest absolute Gasteiger partial charge is 0.355 e. The van der Waals surface area contributed by atoms with Gasteiger partial charge in [-0.15, -0.1) is 0 Å². The normalized spacial score (nSPS) is 23.5. The summed E-state index contributed by atoms with van der Waals surface area (Å²) >= 11 is 0. The van der Waals surface area contributed by atoms with Crippen molar-refractivity contribution >= 4 is 11.5 Å². The molecule has 5 heterocycles. The van der Waals surface area contributed by atoms with Gasteiger partial charge in [-0.25, -0.2) is 4.98 Å². The molecule has 6 heteroatoms. The highest BCUT2D eigenvalue weighted by Crippen LogP contribution is 2.41. The molecule has 31 heavy (non-hydrogen) atoms.